The minimum Gasteiger partial charge on any atom is -0.271 e. The van der Waals surface area contributed by atoms with Crippen LogP contribution >= 0.6 is 0 Å². The number of nitro benzene ring substituents is 2. The van der Waals surface area contributed by atoms with E-state index in [0.717, 1.165) is 17.3 Å². The molecule has 8 nitrogen and oxygen atoms in total. The van der Waals surface area contributed by atoms with E-state index in [4.69, 9.17) is 0 Å². The van der Waals surface area contributed by atoms with Crippen LogP contribution in [0.15, 0.2) is 53.6 Å². The number of non-ortho nitro benzene ring substituents is 1. The van der Waals surface area contributed by atoms with Crippen LogP contribution in [0.3, 0.4) is 0 Å². The average molecular weight is 314 g/mol. The third kappa shape index (κ3) is 3.88. The summed E-state index contributed by atoms with van der Waals surface area (Å²) >= 11 is 0. The molecule has 0 bridgehead atoms. The number of anilines is 1. The molecule has 0 saturated carbocycles. The van der Waals surface area contributed by atoms with Gasteiger partial charge in [-0.05, 0) is 18.1 Å². The molecule has 23 heavy (non-hydrogen) atoms. The number of hydrogen-bond acceptors (Lipinski definition) is 6. The van der Waals surface area contributed by atoms with Crippen LogP contribution < -0.4 is 5.43 Å². The Labute approximate surface area is 131 Å². The number of rotatable bonds is 6. The monoisotopic (exact) mass is 314 g/mol. The summed E-state index contributed by atoms with van der Waals surface area (Å²) < 4.78 is 0. The normalized spacial score (nSPS) is 11.1. The van der Waals surface area contributed by atoms with E-state index in [1.54, 1.807) is 0 Å². The smallest absolute Gasteiger partial charge is 0.271 e. The van der Waals surface area contributed by atoms with Gasteiger partial charge in [-0.2, -0.15) is 5.10 Å². The van der Waals surface area contributed by atoms with Gasteiger partial charge in [-0.3, -0.25) is 25.7 Å². The van der Waals surface area contributed by atoms with Crippen molar-refractivity contribution >= 4 is 22.8 Å². The maximum absolute atomic E-state index is 11.1. The molecule has 0 atom stereocenters. The molecule has 2 aromatic carbocycles. The zero-order valence-corrected chi connectivity index (χ0v) is 12.3. The van der Waals surface area contributed by atoms with Crippen molar-refractivity contribution in [3.8, 4) is 0 Å². The Morgan fingerprint density at radius 1 is 1.09 bits per heavy atom. The van der Waals surface area contributed by atoms with Crippen molar-refractivity contribution in [3.05, 3.63) is 74.3 Å². The molecule has 0 radical (unpaired) electrons. The second-order valence-electron chi connectivity index (χ2n) is 4.61. The van der Waals surface area contributed by atoms with Crippen LogP contribution in [0.4, 0.5) is 17.1 Å². The summed E-state index contributed by atoms with van der Waals surface area (Å²) in [5.74, 6) is 0. The fraction of sp³-hybridized carbons (Fsp3) is 0.133. The molecular formula is C15H14N4O4. The predicted octanol–water partition coefficient (Wildman–Crippen LogP) is 3.73. The molecular weight excluding hydrogens is 300 g/mol. The molecule has 2 aromatic rings. The standard InChI is InChI=1S/C15H14N4O4/c1-2-13(11-6-4-3-5-7-11)16-17-14-9-8-12(18(20)21)10-15(14)19(22)23/h3-10,17H,2H2,1H3/b16-13+. The van der Waals surface area contributed by atoms with Gasteiger partial charge >= 0.3 is 5.69 Å². The summed E-state index contributed by atoms with van der Waals surface area (Å²) in [5, 5.41) is 26.0. The van der Waals surface area contributed by atoms with E-state index >= 15 is 0 Å². The van der Waals surface area contributed by atoms with Gasteiger partial charge in [0.25, 0.3) is 5.69 Å². The first kappa shape index (κ1) is 16.1. The first-order valence-corrected chi connectivity index (χ1v) is 6.83. The molecule has 118 valence electrons. The molecule has 0 aromatic heterocycles. The summed E-state index contributed by atoms with van der Waals surface area (Å²) in [4.78, 5) is 20.4. The average Bonchev–Trinajstić information content (AvgIpc) is 2.56. The fourth-order valence-corrected chi connectivity index (χ4v) is 1.99. The Balaban J connectivity index is 2.33. The van der Waals surface area contributed by atoms with Crippen molar-refractivity contribution < 1.29 is 9.85 Å². The summed E-state index contributed by atoms with van der Waals surface area (Å²) in [6.45, 7) is 1.91. The molecule has 0 aliphatic heterocycles. The molecule has 0 aliphatic carbocycles. The van der Waals surface area contributed by atoms with Crippen LogP contribution in [0.5, 0.6) is 0 Å². The van der Waals surface area contributed by atoms with Crippen molar-refractivity contribution in [3.63, 3.8) is 0 Å². The molecule has 0 spiro atoms. The van der Waals surface area contributed by atoms with Gasteiger partial charge < -0.3 is 0 Å². The highest BCUT2D eigenvalue weighted by Crippen LogP contribution is 2.29. The van der Waals surface area contributed by atoms with Crippen LogP contribution in [0.25, 0.3) is 0 Å². The zero-order chi connectivity index (χ0) is 16.8. The van der Waals surface area contributed by atoms with Gasteiger partial charge in [-0.25, -0.2) is 0 Å². The second kappa shape index (κ2) is 7.12. The molecule has 0 fully saturated rings. The lowest BCUT2D eigenvalue weighted by Crippen LogP contribution is -2.04. The molecule has 0 amide bonds. The number of nitrogens with zero attached hydrogens (tertiary/aromatic N) is 3. The lowest BCUT2D eigenvalue weighted by atomic mass is 10.1. The van der Waals surface area contributed by atoms with Gasteiger partial charge in [-0.1, -0.05) is 37.3 Å². The molecule has 0 aliphatic rings. The lowest BCUT2D eigenvalue weighted by molar-refractivity contribution is -0.393. The number of hydrazone groups is 1. The number of nitrogens with one attached hydrogen (secondary N) is 1. The first-order chi connectivity index (χ1) is 11.0. The van der Waals surface area contributed by atoms with Gasteiger partial charge in [-0.15, -0.1) is 0 Å². The van der Waals surface area contributed by atoms with Gasteiger partial charge in [0.15, 0.2) is 0 Å². The van der Waals surface area contributed by atoms with E-state index in [0.29, 0.717) is 6.42 Å². The van der Waals surface area contributed by atoms with Gasteiger partial charge in [0, 0.05) is 6.07 Å². The number of benzene rings is 2. The Hall–Kier alpha value is -3.29. The fourth-order valence-electron chi connectivity index (χ4n) is 1.99. The molecule has 8 heteroatoms. The molecule has 0 heterocycles. The Kier molecular flexibility index (Phi) is 4.98. The highest BCUT2D eigenvalue weighted by atomic mass is 16.6. The van der Waals surface area contributed by atoms with Crippen LogP contribution in [-0.4, -0.2) is 15.6 Å². The van der Waals surface area contributed by atoms with Crippen LogP contribution in [-0.2, 0) is 0 Å². The highest BCUT2D eigenvalue weighted by Gasteiger charge is 2.19. The molecule has 0 unspecified atom stereocenters. The quantitative estimate of drug-likeness (QED) is 0.496. The maximum atomic E-state index is 11.1. The van der Waals surface area contributed by atoms with Crippen molar-refractivity contribution in [1.82, 2.24) is 0 Å². The third-order valence-electron chi connectivity index (χ3n) is 3.14. The molecule has 0 saturated heterocycles. The van der Waals surface area contributed by atoms with Crippen LogP contribution in [0.1, 0.15) is 18.9 Å². The summed E-state index contributed by atoms with van der Waals surface area (Å²) in [6.07, 6.45) is 0.623. The van der Waals surface area contributed by atoms with Crippen molar-refractivity contribution in [2.24, 2.45) is 5.10 Å². The van der Waals surface area contributed by atoms with Crippen molar-refractivity contribution in [2.75, 3.05) is 5.43 Å². The van der Waals surface area contributed by atoms with E-state index in [1.807, 2.05) is 37.3 Å². The molecule has 2 rings (SSSR count). The van der Waals surface area contributed by atoms with E-state index in [-0.39, 0.29) is 11.4 Å². The van der Waals surface area contributed by atoms with Crippen LogP contribution in [0.2, 0.25) is 0 Å². The second-order valence-corrected chi connectivity index (χ2v) is 4.61. The first-order valence-electron chi connectivity index (χ1n) is 6.83. The molecule has 1 N–H and O–H groups in total. The Morgan fingerprint density at radius 2 is 1.78 bits per heavy atom. The van der Waals surface area contributed by atoms with Crippen molar-refractivity contribution in [1.29, 1.82) is 0 Å². The van der Waals surface area contributed by atoms with Gasteiger partial charge in [0.1, 0.15) is 5.69 Å². The number of hydrogen-bond donors (Lipinski definition) is 1. The maximum Gasteiger partial charge on any atom is 0.301 e. The summed E-state index contributed by atoms with van der Waals surface area (Å²) in [7, 11) is 0. The summed E-state index contributed by atoms with van der Waals surface area (Å²) in [5.41, 5.74) is 3.61. The predicted molar refractivity (Wildman–Crippen MR) is 86.6 cm³/mol. The highest BCUT2D eigenvalue weighted by molar-refractivity contribution is 6.00. The lowest BCUT2D eigenvalue weighted by Gasteiger charge is -2.06. The van der Waals surface area contributed by atoms with Crippen LogP contribution in [0, 0.1) is 20.2 Å². The van der Waals surface area contributed by atoms with E-state index in [1.165, 1.54) is 12.1 Å². The van der Waals surface area contributed by atoms with Crippen molar-refractivity contribution in [2.45, 2.75) is 13.3 Å². The van der Waals surface area contributed by atoms with Gasteiger partial charge in [0.2, 0.25) is 0 Å². The largest absolute Gasteiger partial charge is 0.301 e. The number of nitro groups is 2. The van der Waals surface area contributed by atoms with E-state index in [2.05, 4.69) is 10.5 Å². The van der Waals surface area contributed by atoms with Gasteiger partial charge in [0.05, 0.1) is 21.6 Å². The zero-order valence-electron chi connectivity index (χ0n) is 12.3. The Morgan fingerprint density at radius 3 is 2.35 bits per heavy atom. The van der Waals surface area contributed by atoms with E-state index in [9.17, 15) is 20.2 Å². The Bertz CT molecular complexity index is 759. The SMILES string of the molecule is CC/C(=N\Nc1ccc([N+](=O)[O-])cc1[N+](=O)[O-])c1ccccc1. The topological polar surface area (TPSA) is 111 Å². The minimum atomic E-state index is -0.682. The third-order valence-corrected chi connectivity index (χ3v) is 3.14. The van der Waals surface area contributed by atoms with E-state index < -0.39 is 15.5 Å². The minimum absolute atomic E-state index is 0.0995. The summed E-state index contributed by atoms with van der Waals surface area (Å²) in [6, 6.07) is 12.8.